The van der Waals surface area contributed by atoms with Crippen LogP contribution in [0.15, 0.2) is 54.6 Å². The van der Waals surface area contributed by atoms with Gasteiger partial charge in [0.15, 0.2) is 0 Å². The zero-order valence-corrected chi connectivity index (χ0v) is 15.5. The van der Waals surface area contributed by atoms with E-state index in [0.29, 0.717) is 6.42 Å². The molecule has 144 valence electrons. The number of rotatable bonds is 5. The van der Waals surface area contributed by atoms with E-state index in [9.17, 15) is 13.2 Å². The topological polar surface area (TPSA) is 3.24 Å². The highest BCUT2D eigenvalue weighted by atomic mass is 19.4. The van der Waals surface area contributed by atoms with Crippen LogP contribution in [-0.4, -0.2) is 24.5 Å². The van der Waals surface area contributed by atoms with Crippen LogP contribution < -0.4 is 0 Å². The van der Waals surface area contributed by atoms with Crippen LogP contribution in [0.5, 0.6) is 0 Å². The third-order valence-electron chi connectivity index (χ3n) is 6.26. The molecule has 0 radical (unpaired) electrons. The summed E-state index contributed by atoms with van der Waals surface area (Å²) in [6.07, 6.45) is 0.197. The molecule has 0 bridgehead atoms. The maximum absolute atomic E-state index is 12.8. The normalized spacial score (nSPS) is 25.7. The third-order valence-corrected chi connectivity index (χ3v) is 6.26. The predicted octanol–water partition coefficient (Wildman–Crippen LogP) is 5.45. The average Bonchev–Trinajstić information content (AvgIpc) is 3.18. The Morgan fingerprint density at radius 3 is 2.19 bits per heavy atom. The largest absolute Gasteiger partial charge is 0.416 e. The van der Waals surface area contributed by atoms with Gasteiger partial charge < -0.3 is 4.90 Å². The Bertz CT molecular complexity index is 742. The highest BCUT2D eigenvalue weighted by molar-refractivity contribution is 5.26. The zero-order valence-electron chi connectivity index (χ0n) is 15.5. The van der Waals surface area contributed by atoms with Crippen molar-refractivity contribution in [2.24, 2.45) is 17.8 Å². The second-order valence-corrected chi connectivity index (χ2v) is 8.26. The van der Waals surface area contributed by atoms with Crippen molar-refractivity contribution in [1.29, 1.82) is 0 Å². The summed E-state index contributed by atoms with van der Waals surface area (Å²) in [7, 11) is 0. The first kappa shape index (κ1) is 18.5. The Morgan fingerprint density at radius 1 is 0.852 bits per heavy atom. The first-order valence-electron chi connectivity index (χ1n) is 9.90. The Kier molecular flexibility index (Phi) is 5.27. The highest BCUT2D eigenvalue weighted by Crippen LogP contribution is 2.42. The predicted molar refractivity (Wildman–Crippen MR) is 101 cm³/mol. The van der Waals surface area contributed by atoms with Crippen molar-refractivity contribution in [3.63, 3.8) is 0 Å². The molecule has 1 nitrogen and oxygen atoms in total. The van der Waals surface area contributed by atoms with Crippen molar-refractivity contribution in [3.05, 3.63) is 71.3 Å². The van der Waals surface area contributed by atoms with Crippen LogP contribution in [0.4, 0.5) is 13.2 Å². The zero-order chi connectivity index (χ0) is 18.9. The van der Waals surface area contributed by atoms with Gasteiger partial charge in [-0.1, -0.05) is 48.5 Å². The van der Waals surface area contributed by atoms with Gasteiger partial charge in [0.2, 0.25) is 0 Å². The molecule has 1 aliphatic carbocycles. The smallest absolute Gasteiger partial charge is 0.302 e. The third kappa shape index (κ3) is 4.55. The lowest BCUT2D eigenvalue weighted by molar-refractivity contribution is -0.137. The van der Waals surface area contributed by atoms with Gasteiger partial charge in [0.05, 0.1) is 5.56 Å². The lowest BCUT2D eigenvalue weighted by Crippen LogP contribution is -2.25. The first-order chi connectivity index (χ1) is 13.0. The van der Waals surface area contributed by atoms with Crippen LogP contribution in [-0.2, 0) is 19.0 Å². The molecule has 1 unspecified atom stereocenters. The minimum atomic E-state index is -4.26. The summed E-state index contributed by atoms with van der Waals surface area (Å²) < 4.78 is 38.5. The van der Waals surface area contributed by atoms with Gasteiger partial charge in [-0.05, 0) is 60.6 Å². The maximum Gasteiger partial charge on any atom is 0.416 e. The molecule has 1 aliphatic heterocycles. The fourth-order valence-electron chi connectivity index (χ4n) is 5.01. The minimum Gasteiger partial charge on any atom is -0.302 e. The molecule has 0 spiro atoms. The maximum atomic E-state index is 12.8. The molecule has 1 saturated carbocycles. The average molecular weight is 373 g/mol. The van der Waals surface area contributed by atoms with E-state index in [-0.39, 0.29) is 0 Å². The van der Waals surface area contributed by atoms with E-state index in [0.717, 1.165) is 49.0 Å². The van der Waals surface area contributed by atoms with E-state index < -0.39 is 11.7 Å². The van der Waals surface area contributed by atoms with Gasteiger partial charge in [0.25, 0.3) is 0 Å². The van der Waals surface area contributed by atoms with Crippen LogP contribution in [0.1, 0.15) is 29.5 Å². The molecule has 1 saturated heterocycles. The number of hydrogen-bond acceptors (Lipinski definition) is 1. The molecule has 2 aromatic rings. The van der Waals surface area contributed by atoms with Crippen molar-refractivity contribution in [1.82, 2.24) is 4.90 Å². The van der Waals surface area contributed by atoms with Crippen LogP contribution in [0.25, 0.3) is 0 Å². The number of nitrogens with zero attached hydrogens (tertiary/aromatic N) is 1. The number of halogens is 3. The second kappa shape index (κ2) is 7.67. The van der Waals surface area contributed by atoms with Crippen molar-refractivity contribution in [2.45, 2.75) is 31.9 Å². The van der Waals surface area contributed by atoms with Gasteiger partial charge in [0.1, 0.15) is 0 Å². The highest BCUT2D eigenvalue weighted by Gasteiger charge is 2.40. The molecule has 0 N–H and O–H groups in total. The summed E-state index contributed by atoms with van der Waals surface area (Å²) in [4.78, 5) is 2.45. The van der Waals surface area contributed by atoms with E-state index >= 15 is 0 Å². The summed E-state index contributed by atoms with van der Waals surface area (Å²) in [5.74, 6) is 2.31. The Hall–Kier alpha value is -1.81. The van der Waals surface area contributed by atoms with Gasteiger partial charge in [-0.25, -0.2) is 0 Å². The van der Waals surface area contributed by atoms with Crippen molar-refractivity contribution < 1.29 is 13.2 Å². The number of likely N-dealkylation sites (tertiary alicyclic amines) is 1. The second-order valence-electron chi connectivity index (χ2n) is 8.26. The molecule has 2 fully saturated rings. The van der Waals surface area contributed by atoms with E-state index in [4.69, 9.17) is 0 Å². The van der Waals surface area contributed by atoms with Crippen LogP contribution in [0.3, 0.4) is 0 Å². The van der Waals surface area contributed by atoms with E-state index in [1.54, 1.807) is 0 Å². The number of fused-ring (bicyclic) bond motifs is 1. The Labute approximate surface area is 159 Å². The summed E-state index contributed by atoms with van der Waals surface area (Å²) >= 11 is 0. The monoisotopic (exact) mass is 373 g/mol. The molecule has 27 heavy (non-hydrogen) atoms. The van der Waals surface area contributed by atoms with Crippen LogP contribution >= 0.6 is 0 Å². The summed E-state index contributed by atoms with van der Waals surface area (Å²) in [5.41, 5.74) is 1.68. The standard InChI is InChI=1S/C23H26F3N/c24-23(25,26)22-8-4-7-18(14-22)9-10-27-15-20-12-19(13-21(20)16-27)11-17-5-2-1-3-6-17/h1-8,14,19-21H,9-13,15-16H2/t19?,20-,21+. The molecular weight excluding hydrogens is 347 g/mol. The molecule has 3 atom stereocenters. The molecule has 1 heterocycles. The van der Waals surface area contributed by atoms with Crippen molar-refractivity contribution >= 4 is 0 Å². The Morgan fingerprint density at radius 2 is 1.52 bits per heavy atom. The molecule has 4 heteroatoms. The lowest BCUT2D eigenvalue weighted by atomic mass is 9.96. The SMILES string of the molecule is FC(F)(F)c1cccc(CCN2C[C@H]3CC(Cc4ccccc4)C[C@H]3C2)c1. The molecule has 0 amide bonds. The number of alkyl halides is 3. The number of hydrogen-bond donors (Lipinski definition) is 0. The fourth-order valence-corrected chi connectivity index (χ4v) is 5.01. The van der Waals surface area contributed by atoms with Gasteiger partial charge in [0, 0.05) is 19.6 Å². The molecule has 4 rings (SSSR count). The first-order valence-corrected chi connectivity index (χ1v) is 9.90. The lowest BCUT2D eigenvalue weighted by Gasteiger charge is -2.19. The molecule has 2 aromatic carbocycles. The van der Waals surface area contributed by atoms with Gasteiger partial charge in [-0.3, -0.25) is 0 Å². The molecule has 2 aliphatic rings. The fraction of sp³-hybridized carbons (Fsp3) is 0.478. The van der Waals surface area contributed by atoms with Crippen molar-refractivity contribution in [2.75, 3.05) is 19.6 Å². The molecule has 0 aromatic heterocycles. The van der Waals surface area contributed by atoms with Crippen LogP contribution in [0.2, 0.25) is 0 Å². The summed E-state index contributed by atoms with van der Waals surface area (Å²) in [6, 6.07) is 16.5. The van der Waals surface area contributed by atoms with E-state index in [2.05, 4.69) is 35.2 Å². The van der Waals surface area contributed by atoms with Crippen LogP contribution in [0, 0.1) is 17.8 Å². The van der Waals surface area contributed by atoms with Gasteiger partial charge in [-0.15, -0.1) is 0 Å². The number of benzene rings is 2. The molecular formula is C23H26F3N. The van der Waals surface area contributed by atoms with Gasteiger partial charge >= 0.3 is 6.18 Å². The Balaban J connectivity index is 1.26. The van der Waals surface area contributed by atoms with Crippen molar-refractivity contribution in [3.8, 4) is 0 Å². The minimum absolute atomic E-state index is 0.540. The summed E-state index contributed by atoms with van der Waals surface area (Å²) in [6.45, 7) is 3.07. The summed E-state index contributed by atoms with van der Waals surface area (Å²) in [5, 5.41) is 0. The van der Waals surface area contributed by atoms with E-state index in [1.165, 1.54) is 37.0 Å². The van der Waals surface area contributed by atoms with E-state index in [1.807, 2.05) is 6.07 Å². The quantitative estimate of drug-likeness (QED) is 0.674. The van der Waals surface area contributed by atoms with Gasteiger partial charge in [-0.2, -0.15) is 13.2 Å².